The van der Waals surface area contributed by atoms with E-state index < -0.39 is 23.3 Å². The topological polar surface area (TPSA) is 58.9 Å². The molecule has 8 heteroatoms. The Labute approximate surface area is 191 Å². The van der Waals surface area contributed by atoms with Crippen molar-refractivity contribution in [3.63, 3.8) is 0 Å². The fourth-order valence-electron chi connectivity index (χ4n) is 2.51. The molecule has 2 N–H and O–H groups in total. The monoisotopic (exact) mass is 468 g/mol. The lowest BCUT2D eigenvalue weighted by Gasteiger charge is -2.21. The van der Waals surface area contributed by atoms with E-state index >= 15 is 0 Å². The van der Waals surface area contributed by atoms with Gasteiger partial charge in [0.15, 0.2) is 0 Å². The van der Waals surface area contributed by atoms with Gasteiger partial charge in [-0.05, 0) is 79.2 Å². The summed E-state index contributed by atoms with van der Waals surface area (Å²) in [6.45, 7) is 9.41. The first-order valence-corrected chi connectivity index (χ1v) is 10.4. The summed E-state index contributed by atoms with van der Waals surface area (Å²) in [7, 11) is 0. The first kappa shape index (κ1) is 27.6. The number of phenolic OH excluding ortho intramolecular Hbond substituents is 2. The van der Waals surface area contributed by atoms with Gasteiger partial charge in [0.1, 0.15) is 23.0 Å². The Morgan fingerprint density at radius 1 is 0.606 bits per heavy atom. The zero-order valence-electron chi connectivity index (χ0n) is 19.1. The predicted octanol–water partition coefficient (Wildman–Crippen LogP) is 7.72. The van der Waals surface area contributed by atoms with Gasteiger partial charge in [-0.15, -0.1) is 0 Å². The van der Waals surface area contributed by atoms with E-state index in [1.165, 1.54) is 6.92 Å². The van der Waals surface area contributed by atoms with Gasteiger partial charge in [0.05, 0.1) is 11.1 Å². The van der Waals surface area contributed by atoms with Gasteiger partial charge in [-0.2, -0.15) is 17.6 Å². The van der Waals surface area contributed by atoms with E-state index in [1.807, 2.05) is 27.7 Å². The lowest BCUT2D eigenvalue weighted by molar-refractivity contribution is -0.188. The number of halogens is 4. The molecule has 0 amide bonds. The van der Waals surface area contributed by atoms with Gasteiger partial charge in [0.2, 0.25) is 0 Å². The largest absolute Gasteiger partial charge is 0.508 e. The Bertz CT molecular complexity index is 988. The number of hydrogen-bond donors (Lipinski definition) is 2. The van der Waals surface area contributed by atoms with Crippen LogP contribution >= 0.6 is 0 Å². The molecule has 0 aromatic heterocycles. The van der Waals surface area contributed by atoms with Gasteiger partial charge < -0.3 is 19.7 Å². The van der Waals surface area contributed by atoms with Crippen LogP contribution in [0.5, 0.6) is 23.0 Å². The van der Waals surface area contributed by atoms with E-state index in [0.717, 1.165) is 66.7 Å². The third-order valence-corrected chi connectivity index (χ3v) is 4.04. The maximum Gasteiger partial charge on any atom is 0.426 e. The second-order valence-corrected chi connectivity index (χ2v) is 6.26. The summed E-state index contributed by atoms with van der Waals surface area (Å²) in [4.78, 5) is 0. The Morgan fingerprint density at radius 3 is 1.39 bits per heavy atom. The normalized spacial score (nSPS) is 10.8. The molecule has 0 unspecified atom stereocenters. The first-order valence-electron chi connectivity index (χ1n) is 10.4. The van der Waals surface area contributed by atoms with Crippen molar-refractivity contribution in [2.45, 2.75) is 46.8 Å². The fourth-order valence-corrected chi connectivity index (χ4v) is 2.51. The summed E-state index contributed by atoms with van der Waals surface area (Å²) in [5.41, 5.74) is -0.802. The molecule has 0 fully saturated rings. The van der Waals surface area contributed by atoms with Crippen molar-refractivity contribution in [2.24, 2.45) is 0 Å². The number of aryl methyl sites for hydroxylation is 1. The van der Waals surface area contributed by atoms with Crippen LogP contribution in [0.1, 0.15) is 44.4 Å². The maximum atomic E-state index is 14.3. The fraction of sp³-hybridized carbons (Fsp3) is 0.280. The number of ether oxygens (including phenoxy) is 2. The Morgan fingerprint density at radius 2 is 1.00 bits per heavy atom. The van der Waals surface area contributed by atoms with Crippen LogP contribution in [0.2, 0.25) is 0 Å². The standard InChI is InChI=1S/C21H16F4O4.2C2H6/c1-13-12-18(28-20(22,23)14-2-6-16(26)7-3-14)10-11-19(13)29-21(24,25)15-4-8-17(27)9-5-15;2*1-2/h2-12,26-27H,1H3;2*1-2H3. The molecule has 0 aliphatic rings. The summed E-state index contributed by atoms with van der Waals surface area (Å²) in [6.07, 6.45) is -7.39. The third kappa shape index (κ3) is 7.59. The van der Waals surface area contributed by atoms with Crippen LogP contribution in [0.3, 0.4) is 0 Å². The van der Waals surface area contributed by atoms with Crippen LogP contribution in [-0.4, -0.2) is 10.2 Å². The molecule has 0 atom stereocenters. The number of benzene rings is 3. The van der Waals surface area contributed by atoms with E-state index in [1.54, 1.807) is 0 Å². The summed E-state index contributed by atoms with van der Waals surface area (Å²) in [5, 5.41) is 18.4. The zero-order chi connectivity index (χ0) is 25.2. The van der Waals surface area contributed by atoms with E-state index in [0.29, 0.717) is 0 Å². The van der Waals surface area contributed by atoms with Crippen molar-refractivity contribution in [1.29, 1.82) is 0 Å². The van der Waals surface area contributed by atoms with Gasteiger partial charge in [-0.1, -0.05) is 27.7 Å². The van der Waals surface area contributed by atoms with Crippen LogP contribution in [0, 0.1) is 6.92 Å². The number of rotatable bonds is 6. The molecular formula is C25H28F4O4. The summed E-state index contributed by atoms with van der Waals surface area (Å²) >= 11 is 0. The molecular weight excluding hydrogens is 440 g/mol. The molecule has 180 valence electrons. The van der Waals surface area contributed by atoms with Crippen LogP contribution < -0.4 is 9.47 Å². The lowest BCUT2D eigenvalue weighted by atomic mass is 10.2. The molecule has 33 heavy (non-hydrogen) atoms. The molecule has 0 spiro atoms. The molecule has 0 aliphatic heterocycles. The molecule has 0 saturated heterocycles. The quantitative estimate of drug-likeness (QED) is 0.364. The van der Waals surface area contributed by atoms with Crippen LogP contribution in [0.15, 0.2) is 66.7 Å². The minimum Gasteiger partial charge on any atom is -0.508 e. The summed E-state index contributed by atoms with van der Waals surface area (Å²) in [6, 6.07) is 11.8. The van der Waals surface area contributed by atoms with Crippen molar-refractivity contribution in [3.8, 4) is 23.0 Å². The highest BCUT2D eigenvalue weighted by molar-refractivity contribution is 5.41. The van der Waals surface area contributed by atoms with Gasteiger partial charge in [-0.25, -0.2) is 0 Å². The number of phenols is 2. The van der Waals surface area contributed by atoms with E-state index in [2.05, 4.69) is 0 Å². The average molecular weight is 468 g/mol. The van der Waals surface area contributed by atoms with Crippen molar-refractivity contribution >= 4 is 0 Å². The van der Waals surface area contributed by atoms with Crippen molar-refractivity contribution in [2.75, 3.05) is 0 Å². The van der Waals surface area contributed by atoms with Gasteiger partial charge >= 0.3 is 12.2 Å². The average Bonchev–Trinajstić information content (AvgIpc) is 2.79. The highest BCUT2D eigenvalue weighted by atomic mass is 19.3. The highest BCUT2D eigenvalue weighted by Crippen LogP contribution is 2.37. The van der Waals surface area contributed by atoms with E-state index in [9.17, 15) is 27.8 Å². The number of aromatic hydroxyl groups is 2. The van der Waals surface area contributed by atoms with Crippen LogP contribution in [-0.2, 0) is 12.2 Å². The molecule has 0 radical (unpaired) electrons. The van der Waals surface area contributed by atoms with E-state index in [4.69, 9.17) is 9.47 Å². The molecule has 0 heterocycles. The molecule has 3 aromatic carbocycles. The Hall–Kier alpha value is -3.42. The van der Waals surface area contributed by atoms with Crippen LogP contribution in [0.25, 0.3) is 0 Å². The van der Waals surface area contributed by atoms with Crippen LogP contribution in [0.4, 0.5) is 17.6 Å². The molecule has 0 aliphatic carbocycles. The second kappa shape index (κ2) is 12.0. The lowest BCUT2D eigenvalue weighted by Crippen LogP contribution is -2.23. The predicted molar refractivity (Wildman–Crippen MR) is 119 cm³/mol. The Kier molecular flexibility index (Phi) is 10.0. The third-order valence-electron chi connectivity index (χ3n) is 4.04. The maximum absolute atomic E-state index is 14.3. The van der Waals surface area contributed by atoms with Crippen molar-refractivity contribution in [3.05, 3.63) is 83.4 Å². The minimum atomic E-state index is -3.70. The molecule has 3 rings (SSSR count). The van der Waals surface area contributed by atoms with Crippen molar-refractivity contribution in [1.82, 2.24) is 0 Å². The molecule has 0 saturated carbocycles. The summed E-state index contributed by atoms with van der Waals surface area (Å²) < 4.78 is 66.6. The number of hydrogen-bond acceptors (Lipinski definition) is 4. The van der Waals surface area contributed by atoms with Gasteiger partial charge in [0, 0.05) is 0 Å². The zero-order valence-corrected chi connectivity index (χ0v) is 19.1. The van der Waals surface area contributed by atoms with Gasteiger partial charge in [0.25, 0.3) is 0 Å². The van der Waals surface area contributed by atoms with E-state index in [-0.39, 0.29) is 28.6 Å². The highest BCUT2D eigenvalue weighted by Gasteiger charge is 2.36. The smallest absolute Gasteiger partial charge is 0.426 e. The SMILES string of the molecule is CC.CC.Cc1cc(OC(F)(F)c2ccc(O)cc2)ccc1OC(F)(F)c1ccc(O)cc1. The Balaban J connectivity index is 0.00000129. The summed E-state index contributed by atoms with van der Waals surface area (Å²) in [5.74, 6) is -0.808. The first-order chi connectivity index (χ1) is 15.6. The van der Waals surface area contributed by atoms with Crippen molar-refractivity contribution < 1.29 is 37.2 Å². The molecule has 0 bridgehead atoms. The van der Waals surface area contributed by atoms with Gasteiger partial charge in [-0.3, -0.25) is 0 Å². The number of alkyl halides is 4. The molecule has 3 aromatic rings. The molecule has 4 nitrogen and oxygen atoms in total. The second-order valence-electron chi connectivity index (χ2n) is 6.26. The minimum absolute atomic E-state index is 0.155.